The van der Waals surface area contributed by atoms with Crippen molar-refractivity contribution in [3.8, 4) is 0 Å². The average molecular weight is 332 g/mol. The Hall–Kier alpha value is -1.51. The van der Waals surface area contributed by atoms with Crippen LogP contribution in [-0.4, -0.2) is 70.3 Å². The largest absolute Gasteiger partial charge is 0.379 e. The van der Waals surface area contributed by atoms with Crippen molar-refractivity contribution in [2.75, 3.05) is 52.7 Å². The molecule has 0 bridgehead atoms. The van der Waals surface area contributed by atoms with E-state index in [9.17, 15) is 14.4 Å². The fraction of sp³-hybridized carbons (Fsp3) is 0.800. The number of ketones is 1. The molecule has 0 rings (SSSR count). The van der Waals surface area contributed by atoms with E-state index in [2.05, 4.69) is 10.6 Å². The molecule has 0 fully saturated rings. The van der Waals surface area contributed by atoms with Gasteiger partial charge in [-0.1, -0.05) is 0 Å². The van der Waals surface area contributed by atoms with Crippen molar-refractivity contribution in [2.24, 2.45) is 0 Å². The van der Waals surface area contributed by atoms with E-state index in [-0.39, 0.29) is 30.6 Å². The fourth-order valence-electron chi connectivity index (χ4n) is 1.44. The fourth-order valence-corrected chi connectivity index (χ4v) is 1.44. The summed E-state index contributed by atoms with van der Waals surface area (Å²) in [5, 5.41) is 5.33. The monoisotopic (exact) mass is 332 g/mol. The van der Waals surface area contributed by atoms with E-state index >= 15 is 0 Å². The van der Waals surface area contributed by atoms with Gasteiger partial charge >= 0.3 is 0 Å². The lowest BCUT2D eigenvalue weighted by molar-refractivity contribution is -0.126. The molecule has 0 aliphatic carbocycles. The number of nitrogens with one attached hydrogen (secondary N) is 2. The van der Waals surface area contributed by atoms with Gasteiger partial charge in [0.2, 0.25) is 11.8 Å². The molecule has 134 valence electrons. The van der Waals surface area contributed by atoms with Gasteiger partial charge in [-0.25, -0.2) is 0 Å². The summed E-state index contributed by atoms with van der Waals surface area (Å²) in [4.78, 5) is 33.3. The second-order valence-corrected chi connectivity index (χ2v) is 4.76. The number of carbonyl (C=O) groups is 3. The van der Waals surface area contributed by atoms with Gasteiger partial charge in [0.15, 0.2) is 0 Å². The highest BCUT2D eigenvalue weighted by Gasteiger charge is 2.02. The summed E-state index contributed by atoms with van der Waals surface area (Å²) in [7, 11) is 0. The lowest BCUT2D eigenvalue weighted by Crippen LogP contribution is -2.31. The highest BCUT2D eigenvalue weighted by Crippen LogP contribution is 1.85. The SMILES string of the molecule is CCOCC(=O)NCCOCCC(=O)NCCOCCC(C)=O. The van der Waals surface area contributed by atoms with E-state index < -0.39 is 0 Å². The summed E-state index contributed by atoms with van der Waals surface area (Å²) >= 11 is 0. The van der Waals surface area contributed by atoms with Crippen LogP contribution in [0.4, 0.5) is 0 Å². The van der Waals surface area contributed by atoms with Gasteiger partial charge in [0.05, 0.1) is 26.4 Å². The molecular weight excluding hydrogens is 304 g/mol. The lowest BCUT2D eigenvalue weighted by Gasteiger charge is -2.07. The number of hydrogen-bond donors (Lipinski definition) is 2. The quantitative estimate of drug-likeness (QED) is 0.398. The standard InChI is InChI=1S/C15H28N2O6/c1-3-21-12-15(20)17-7-11-23-9-5-14(19)16-6-10-22-8-4-13(2)18/h3-12H2,1-2H3,(H,16,19)(H,17,20). The molecule has 0 aliphatic rings. The van der Waals surface area contributed by atoms with Gasteiger partial charge in [0.1, 0.15) is 12.4 Å². The van der Waals surface area contributed by atoms with E-state index in [1.54, 1.807) is 0 Å². The molecule has 0 aromatic carbocycles. The second-order valence-electron chi connectivity index (χ2n) is 4.76. The molecule has 23 heavy (non-hydrogen) atoms. The van der Waals surface area contributed by atoms with E-state index in [4.69, 9.17) is 14.2 Å². The van der Waals surface area contributed by atoms with Gasteiger partial charge < -0.3 is 24.8 Å². The topological polar surface area (TPSA) is 103 Å². The lowest BCUT2D eigenvalue weighted by atomic mass is 10.3. The van der Waals surface area contributed by atoms with E-state index in [0.29, 0.717) is 52.5 Å². The molecule has 0 saturated heterocycles. The first kappa shape index (κ1) is 21.5. The summed E-state index contributed by atoms with van der Waals surface area (Å²) in [5.41, 5.74) is 0. The van der Waals surface area contributed by atoms with Gasteiger partial charge in [-0.15, -0.1) is 0 Å². The number of hydrogen-bond acceptors (Lipinski definition) is 6. The first-order valence-electron chi connectivity index (χ1n) is 7.82. The highest BCUT2D eigenvalue weighted by atomic mass is 16.5. The van der Waals surface area contributed by atoms with Gasteiger partial charge in [-0.05, 0) is 13.8 Å². The Morgan fingerprint density at radius 1 is 0.783 bits per heavy atom. The predicted molar refractivity (Wildman–Crippen MR) is 84.1 cm³/mol. The molecule has 0 heterocycles. The van der Waals surface area contributed by atoms with Crippen LogP contribution in [-0.2, 0) is 28.6 Å². The number of Topliss-reactive ketones (excluding diaryl/α,β-unsaturated/α-hetero) is 1. The van der Waals surface area contributed by atoms with Gasteiger partial charge in [-0.2, -0.15) is 0 Å². The normalized spacial score (nSPS) is 10.3. The minimum absolute atomic E-state index is 0.0490. The smallest absolute Gasteiger partial charge is 0.246 e. The molecular formula is C15H28N2O6. The number of rotatable bonds is 15. The Balaban J connectivity index is 3.30. The van der Waals surface area contributed by atoms with E-state index in [0.717, 1.165) is 0 Å². The van der Waals surface area contributed by atoms with Gasteiger partial charge in [-0.3, -0.25) is 14.4 Å². The van der Waals surface area contributed by atoms with Crippen LogP contribution in [0.15, 0.2) is 0 Å². The molecule has 0 aromatic heterocycles. The molecule has 0 atom stereocenters. The molecule has 0 spiro atoms. The number of carbonyl (C=O) groups excluding carboxylic acids is 3. The third kappa shape index (κ3) is 16.7. The van der Waals surface area contributed by atoms with Crippen LogP contribution < -0.4 is 10.6 Å². The zero-order chi connectivity index (χ0) is 17.3. The molecule has 2 amide bonds. The summed E-state index contributed by atoms with van der Waals surface area (Å²) in [6.07, 6.45) is 0.642. The predicted octanol–water partition coefficient (Wildman–Crippen LogP) is -0.342. The Labute approximate surface area is 137 Å². The molecule has 0 unspecified atom stereocenters. The van der Waals surface area contributed by atoms with Crippen LogP contribution in [0.3, 0.4) is 0 Å². The summed E-state index contributed by atoms with van der Waals surface area (Å²) in [5.74, 6) is -0.223. The Morgan fingerprint density at radius 2 is 1.35 bits per heavy atom. The minimum atomic E-state index is -0.182. The van der Waals surface area contributed by atoms with E-state index in [1.807, 2.05) is 6.92 Å². The van der Waals surface area contributed by atoms with Crippen molar-refractivity contribution in [1.29, 1.82) is 0 Å². The van der Waals surface area contributed by atoms with Crippen LogP contribution in [0.1, 0.15) is 26.7 Å². The van der Waals surface area contributed by atoms with Crippen LogP contribution in [0.25, 0.3) is 0 Å². The maximum absolute atomic E-state index is 11.5. The highest BCUT2D eigenvalue weighted by molar-refractivity contribution is 5.77. The van der Waals surface area contributed by atoms with Crippen molar-refractivity contribution >= 4 is 17.6 Å². The maximum atomic E-state index is 11.5. The molecule has 8 nitrogen and oxygen atoms in total. The number of ether oxygens (including phenoxy) is 3. The third-order valence-corrected chi connectivity index (χ3v) is 2.65. The van der Waals surface area contributed by atoms with Crippen LogP contribution in [0.2, 0.25) is 0 Å². The Bertz CT molecular complexity index is 349. The zero-order valence-corrected chi connectivity index (χ0v) is 14.0. The van der Waals surface area contributed by atoms with Crippen LogP contribution >= 0.6 is 0 Å². The molecule has 0 aliphatic heterocycles. The van der Waals surface area contributed by atoms with Crippen molar-refractivity contribution in [1.82, 2.24) is 10.6 Å². The maximum Gasteiger partial charge on any atom is 0.246 e. The third-order valence-electron chi connectivity index (χ3n) is 2.65. The number of amides is 2. The molecule has 0 saturated carbocycles. The van der Waals surface area contributed by atoms with Gasteiger partial charge in [0.25, 0.3) is 0 Å². The second kappa shape index (κ2) is 15.4. The van der Waals surface area contributed by atoms with Crippen molar-refractivity contribution in [2.45, 2.75) is 26.7 Å². The molecule has 8 heteroatoms. The molecule has 0 radical (unpaired) electrons. The van der Waals surface area contributed by atoms with Crippen LogP contribution in [0.5, 0.6) is 0 Å². The van der Waals surface area contributed by atoms with Crippen molar-refractivity contribution in [3.05, 3.63) is 0 Å². The first-order valence-corrected chi connectivity index (χ1v) is 7.82. The van der Waals surface area contributed by atoms with Crippen molar-refractivity contribution < 1.29 is 28.6 Å². The van der Waals surface area contributed by atoms with Crippen molar-refractivity contribution in [3.63, 3.8) is 0 Å². The minimum Gasteiger partial charge on any atom is -0.379 e. The summed E-state index contributed by atoms with van der Waals surface area (Å²) < 4.78 is 15.4. The summed E-state index contributed by atoms with van der Waals surface area (Å²) in [6, 6.07) is 0. The zero-order valence-electron chi connectivity index (χ0n) is 14.0. The van der Waals surface area contributed by atoms with Crippen LogP contribution in [0, 0.1) is 0 Å². The van der Waals surface area contributed by atoms with E-state index in [1.165, 1.54) is 6.92 Å². The summed E-state index contributed by atoms with van der Waals surface area (Å²) in [6.45, 7) is 6.07. The molecule has 2 N–H and O–H groups in total. The first-order chi connectivity index (χ1) is 11.1. The average Bonchev–Trinajstić information content (AvgIpc) is 2.51. The van der Waals surface area contributed by atoms with Gasteiger partial charge in [0, 0.05) is 32.5 Å². The molecule has 0 aromatic rings. The Morgan fingerprint density at radius 3 is 1.91 bits per heavy atom. The Kier molecular flexibility index (Phi) is 14.4.